The average Bonchev–Trinajstić information content (AvgIpc) is 3.27. The first-order valence-corrected chi connectivity index (χ1v) is 11.3. The highest BCUT2D eigenvalue weighted by molar-refractivity contribution is 7.22. The number of nitro benzene ring substituents is 1. The maximum absolute atomic E-state index is 14.3. The molecule has 33 heavy (non-hydrogen) atoms. The number of aliphatic hydroxyl groups excluding tert-OH is 1. The summed E-state index contributed by atoms with van der Waals surface area (Å²) in [6, 6.07) is 14.9. The third-order valence-corrected chi connectivity index (χ3v) is 5.77. The van der Waals surface area contributed by atoms with E-state index < -0.39 is 10.7 Å². The van der Waals surface area contributed by atoms with Crippen molar-refractivity contribution in [2.24, 2.45) is 0 Å². The third-order valence-electron chi connectivity index (χ3n) is 4.58. The van der Waals surface area contributed by atoms with Gasteiger partial charge in [-0.05, 0) is 23.3 Å². The topological polar surface area (TPSA) is 97.5 Å². The number of nitro groups is 1. The van der Waals surface area contributed by atoms with E-state index in [4.69, 9.17) is 9.84 Å². The van der Waals surface area contributed by atoms with Gasteiger partial charge in [-0.1, -0.05) is 38.1 Å². The van der Waals surface area contributed by atoms with Gasteiger partial charge in [0.2, 0.25) is 0 Å². The Morgan fingerprint density at radius 1 is 1.12 bits per heavy atom. The fraction of sp³-hybridized carbons (Fsp3) is 0.208. The summed E-state index contributed by atoms with van der Waals surface area (Å²) in [6.07, 6.45) is 1.58. The molecule has 2 aromatic carbocycles. The zero-order valence-corrected chi connectivity index (χ0v) is 19.1. The lowest BCUT2D eigenvalue weighted by Crippen LogP contribution is -2.17. The molecule has 0 saturated heterocycles. The number of nitrogens with one attached hydrogen (secondary N) is 1. The molecule has 0 atom stereocenters. The molecule has 2 N–H and O–H groups in total. The minimum atomic E-state index is -0.804. The Kier molecular flexibility index (Phi) is 8.42. The Bertz CT molecular complexity index is 1230. The van der Waals surface area contributed by atoms with Crippen LogP contribution >= 0.6 is 11.3 Å². The number of aliphatic hydroxyl groups is 1. The molecule has 0 fully saturated rings. The van der Waals surface area contributed by atoms with Gasteiger partial charge in [-0.25, -0.2) is 4.39 Å². The van der Waals surface area contributed by atoms with E-state index in [1.807, 2.05) is 44.2 Å². The largest absolute Gasteiger partial charge is 0.453 e. The molecule has 0 aliphatic heterocycles. The zero-order chi connectivity index (χ0) is 23.8. The Morgan fingerprint density at radius 2 is 1.88 bits per heavy atom. The zero-order valence-electron chi connectivity index (χ0n) is 18.2. The minimum Gasteiger partial charge on any atom is -0.453 e. The van der Waals surface area contributed by atoms with E-state index in [0.717, 1.165) is 26.8 Å². The molecule has 2 heterocycles. The lowest BCUT2D eigenvalue weighted by molar-refractivity contribution is -0.385. The summed E-state index contributed by atoms with van der Waals surface area (Å²) in [5.41, 5.74) is 2.50. The second kappa shape index (κ2) is 11.5. The second-order valence-electron chi connectivity index (χ2n) is 6.71. The number of ether oxygens (including phenoxy) is 1. The minimum absolute atomic E-state index is 0.0900. The molecule has 4 rings (SSSR count). The van der Waals surface area contributed by atoms with E-state index in [1.165, 1.54) is 23.5 Å². The van der Waals surface area contributed by atoms with Crippen molar-refractivity contribution in [3.63, 3.8) is 0 Å². The number of halogens is 1. The average molecular weight is 470 g/mol. The number of hydrogen-bond acceptors (Lipinski definition) is 7. The lowest BCUT2D eigenvalue weighted by atomic mass is 10.1. The molecule has 0 bridgehead atoms. The number of thiophene rings is 1. The number of hydrogen-bond donors (Lipinski definition) is 2. The monoisotopic (exact) mass is 469 g/mol. The summed E-state index contributed by atoms with van der Waals surface area (Å²) in [5.74, 6) is -0.465. The van der Waals surface area contributed by atoms with Crippen molar-refractivity contribution in [2.75, 3.05) is 13.2 Å². The van der Waals surface area contributed by atoms with Crippen molar-refractivity contribution in [3.05, 3.63) is 82.3 Å². The highest BCUT2D eigenvalue weighted by Crippen LogP contribution is 2.39. The van der Waals surface area contributed by atoms with E-state index in [1.54, 1.807) is 12.3 Å². The van der Waals surface area contributed by atoms with Crippen LogP contribution in [0.25, 0.3) is 20.7 Å². The van der Waals surface area contributed by atoms with Crippen LogP contribution in [0.1, 0.15) is 19.4 Å². The molecule has 4 aromatic rings. The summed E-state index contributed by atoms with van der Waals surface area (Å²) in [6.45, 7) is 5.32. The maximum Gasteiger partial charge on any atom is 0.272 e. The van der Waals surface area contributed by atoms with Crippen LogP contribution in [0.3, 0.4) is 0 Å². The highest BCUT2D eigenvalue weighted by Gasteiger charge is 2.15. The van der Waals surface area contributed by atoms with Crippen molar-refractivity contribution in [2.45, 2.75) is 20.4 Å². The standard InChI is InChI=1S/C22H18FN3O4S.C2H6/c23-17-11-16(26(28)29)5-6-19(17)30-20-7-8-25-18-12-21(31-22(18)20)15-3-1-14(2-4-15)13-24-9-10-27;1-2/h1-8,11-12,24,27H,9-10,13H2;1-2H3. The fourth-order valence-electron chi connectivity index (χ4n) is 3.04. The molecular weight excluding hydrogens is 445 g/mol. The fourth-order valence-corrected chi connectivity index (χ4v) is 4.11. The van der Waals surface area contributed by atoms with Crippen molar-refractivity contribution in [1.29, 1.82) is 0 Å². The Hall–Kier alpha value is -3.40. The first kappa shape index (κ1) is 24.2. The number of aromatic nitrogens is 1. The summed E-state index contributed by atoms with van der Waals surface area (Å²) in [5, 5.41) is 22.8. The molecule has 2 aromatic heterocycles. The molecule has 0 aliphatic carbocycles. The van der Waals surface area contributed by atoms with E-state index >= 15 is 0 Å². The molecule has 172 valence electrons. The predicted molar refractivity (Wildman–Crippen MR) is 128 cm³/mol. The van der Waals surface area contributed by atoms with Gasteiger partial charge in [-0.2, -0.15) is 0 Å². The first-order valence-electron chi connectivity index (χ1n) is 10.5. The van der Waals surface area contributed by atoms with E-state index in [-0.39, 0.29) is 18.0 Å². The number of benzene rings is 2. The number of rotatable bonds is 8. The normalized spacial score (nSPS) is 10.5. The van der Waals surface area contributed by atoms with Gasteiger partial charge >= 0.3 is 0 Å². The SMILES string of the molecule is CC.O=[N+]([O-])c1ccc(Oc2ccnc3cc(-c4ccc(CNCCO)cc4)sc23)c(F)c1. The van der Waals surface area contributed by atoms with Gasteiger partial charge in [-0.15, -0.1) is 11.3 Å². The summed E-state index contributed by atoms with van der Waals surface area (Å²) in [7, 11) is 0. The predicted octanol–water partition coefficient (Wildman–Crippen LogP) is 5.91. The molecule has 0 unspecified atom stereocenters. The molecule has 0 saturated carbocycles. The van der Waals surface area contributed by atoms with Gasteiger partial charge in [0, 0.05) is 36.3 Å². The second-order valence-corrected chi connectivity index (χ2v) is 7.76. The van der Waals surface area contributed by atoms with Crippen LogP contribution in [0.2, 0.25) is 0 Å². The van der Waals surface area contributed by atoms with Gasteiger partial charge < -0.3 is 15.2 Å². The number of nitrogens with zero attached hydrogens (tertiary/aromatic N) is 2. The van der Waals surface area contributed by atoms with E-state index in [9.17, 15) is 14.5 Å². The number of non-ortho nitro benzene ring substituents is 1. The van der Waals surface area contributed by atoms with Crippen LogP contribution in [0.5, 0.6) is 11.5 Å². The molecule has 0 radical (unpaired) electrons. The van der Waals surface area contributed by atoms with E-state index in [0.29, 0.717) is 24.4 Å². The van der Waals surface area contributed by atoms with Crippen LogP contribution in [0, 0.1) is 15.9 Å². The Labute approximate surface area is 194 Å². The quantitative estimate of drug-likeness (QED) is 0.189. The van der Waals surface area contributed by atoms with Crippen LogP contribution in [-0.4, -0.2) is 28.2 Å². The van der Waals surface area contributed by atoms with Crippen LogP contribution in [-0.2, 0) is 6.54 Å². The Morgan fingerprint density at radius 3 is 2.55 bits per heavy atom. The molecule has 0 amide bonds. The van der Waals surface area contributed by atoms with Crippen LogP contribution in [0.15, 0.2) is 60.8 Å². The molecule has 0 spiro atoms. The van der Waals surface area contributed by atoms with Gasteiger partial charge in [0.15, 0.2) is 11.6 Å². The summed E-state index contributed by atoms with van der Waals surface area (Å²) in [4.78, 5) is 15.5. The molecule has 0 aliphatic rings. The number of pyridine rings is 1. The lowest BCUT2D eigenvalue weighted by Gasteiger charge is -2.07. The third kappa shape index (κ3) is 5.89. The first-order chi connectivity index (χ1) is 16.0. The highest BCUT2D eigenvalue weighted by atomic mass is 32.1. The van der Waals surface area contributed by atoms with E-state index in [2.05, 4.69) is 10.3 Å². The maximum atomic E-state index is 14.3. The van der Waals surface area contributed by atoms with Crippen molar-refractivity contribution in [1.82, 2.24) is 10.3 Å². The van der Waals surface area contributed by atoms with Gasteiger partial charge in [-0.3, -0.25) is 15.1 Å². The summed E-state index contributed by atoms with van der Waals surface area (Å²) >= 11 is 1.47. The van der Waals surface area contributed by atoms with Crippen molar-refractivity contribution < 1.29 is 19.2 Å². The molecule has 7 nitrogen and oxygen atoms in total. The smallest absolute Gasteiger partial charge is 0.272 e. The van der Waals surface area contributed by atoms with Crippen molar-refractivity contribution >= 4 is 27.2 Å². The van der Waals surface area contributed by atoms with Gasteiger partial charge in [0.1, 0.15) is 5.75 Å². The number of fused-ring (bicyclic) bond motifs is 1. The van der Waals surface area contributed by atoms with Crippen LogP contribution in [0.4, 0.5) is 10.1 Å². The van der Waals surface area contributed by atoms with Gasteiger partial charge in [0.25, 0.3) is 5.69 Å². The Balaban J connectivity index is 0.00000149. The molecular formula is C24H24FN3O4S. The van der Waals surface area contributed by atoms with Crippen molar-refractivity contribution in [3.8, 4) is 21.9 Å². The van der Waals surface area contributed by atoms with Gasteiger partial charge in [0.05, 0.1) is 27.8 Å². The van der Waals surface area contributed by atoms with Crippen LogP contribution < -0.4 is 10.1 Å². The summed E-state index contributed by atoms with van der Waals surface area (Å²) < 4.78 is 20.7. The molecule has 9 heteroatoms.